The van der Waals surface area contributed by atoms with Crippen LogP contribution in [0.25, 0.3) is 0 Å². The molecule has 0 aliphatic carbocycles. The minimum absolute atomic E-state index is 0. The van der Waals surface area contributed by atoms with E-state index in [-0.39, 0.29) is 29.9 Å². The highest BCUT2D eigenvalue weighted by Crippen LogP contribution is 2.21. The number of likely N-dealkylation sites (tertiary alicyclic amines) is 1. The van der Waals surface area contributed by atoms with E-state index in [1.807, 2.05) is 19.1 Å². The summed E-state index contributed by atoms with van der Waals surface area (Å²) in [6.07, 6.45) is -3.30. The number of rotatable bonds is 7. The van der Waals surface area contributed by atoms with Gasteiger partial charge in [0.25, 0.3) is 0 Å². The van der Waals surface area contributed by atoms with E-state index in [1.165, 1.54) is 4.90 Å². The standard InChI is InChI=1S/C20H28F3N5.HI/c1-3-25-19(26-12-17-7-5-16(11-24)6-8-17)28-10-9-18(14-28)13-27(4-2)15-20(21,22)23;/h5-8,18H,3-4,9-10,12-15H2,1-2H3,(H,25,26);1H. The van der Waals surface area contributed by atoms with Crippen molar-refractivity contribution in [3.8, 4) is 6.07 Å². The van der Waals surface area contributed by atoms with Crippen LogP contribution in [0.2, 0.25) is 0 Å². The molecule has 0 saturated carbocycles. The Balaban J connectivity index is 0.00000420. The first-order valence-electron chi connectivity index (χ1n) is 9.66. The molecular formula is C20H29F3IN5. The molecule has 0 bridgehead atoms. The van der Waals surface area contributed by atoms with Crippen molar-refractivity contribution in [2.24, 2.45) is 10.9 Å². The second kappa shape index (κ2) is 12.2. The quantitative estimate of drug-likeness (QED) is 0.335. The topological polar surface area (TPSA) is 54.7 Å². The molecule has 9 heteroatoms. The molecular weight excluding hydrogens is 494 g/mol. The predicted molar refractivity (Wildman–Crippen MR) is 119 cm³/mol. The second-order valence-electron chi connectivity index (χ2n) is 7.02. The third-order valence-corrected chi connectivity index (χ3v) is 4.78. The summed E-state index contributed by atoms with van der Waals surface area (Å²) in [6, 6.07) is 9.39. The fourth-order valence-corrected chi connectivity index (χ4v) is 3.37. The van der Waals surface area contributed by atoms with Crippen molar-refractivity contribution in [2.45, 2.75) is 33.0 Å². The van der Waals surface area contributed by atoms with Gasteiger partial charge >= 0.3 is 6.18 Å². The lowest BCUT2D eigenvalue weighted by atomic mass is 10.1. The van der Waals surface area contributed by atoms with E-state index in [0.717, 1.165) is 31.0 Å². The van der Waals surface area contributed by atoms with Gasteiger partial charge in [0.1, 0.15) is 0 Å². The van der Waals surface area contributed by atoms with Gasteiger partial charge in [0.2, 0.25) is 0 Å². The summed E-state index contributed by atoms with van der Waals surface area (Å²) in [6.45, 7) is 6.44. The normalized spacial score (nSPS) is 17.2. The fraction of sp³-hybridized carbons (Fsp3) is 0.600. The lowest BCUT2D eigenvalue weighted by molar-refractivity contribution is -0.146. The van der Waals surface area contributed by atoms with E-state index < -0.39 is 12.7 Å². The molecule has 1 aliphatic rings. The number of hydrogen-bond acceptors (Lipinski definition) is 3. The lowest BCUT2D eigenvalue weighted by Crippen LogP contribution is -2.41. The van der Waals surface area contributed by atoms with Crippen LogP contribution < -0.4 is 5.32 Å². The molecule has 1 heterocycles. The Bertz CT molecular complexity index is 685. The van der Waals surface area contributed by atoms with Gasteiger partial charge in [0.15, 0.2) is 5.96 Å². The molecule has 1 saturated heterocycles. The Hall–Kier alpha value is -1.54. The molecule has 1 N–H and O–H groups in total. The van der Waals surface area contributed by atoms with Crippen LogP contribution in [0, 0.1) is 17.2 Å². The SMILES string of the molecule is CCNC(=NCc1ccc(C#N)cc1)N1CCC(CN(CC)CC(F)(F)F)C1.I. The first-order valence-corrected chi connectivity index (χ1v) is 9.66. The number of nitrogens with zero attached hydrogens (tertiary/aromatic N) is 4. The maximum atomic E-state index is 12.7. The van der Waals surface area contributed by atoms with Crippen LogP contribution >= 0.6 is 24.0 Å². The molecule has 162 valence electrons. The number of guanidine groups is 1. The van der Waals surface area contributed by atoms with E-state index in [9.17, 15) is 13.2 Å². The van der Waals surface area contributed by atoms with Crippen LogP contribution in [-0.2, 0) is 6.54 Å². The molecule has 2 rings (SSSR count). The molecule has 5 nitrogen and oxygen atoms in total. The lowest BCUT2D eigenvalue weighted by Gasteiger charge is -2.26. The minimum atomic E-state index is -4.16. The average molecular weight is 523 g/mol. The number of nitrogens with one attached hydrogen (secondary N) is 1. The van der Waals surface area contributed by atoms with Crippen LogP contribution in [-0.4, -0.2) is 61.2 Å². The number of hydrogen-bond donors (Lipinski definition) is 1. The van der Waals surface area contributed by atoms with Gasteiger partial charge in [-0.05, 0) is 43.5 Å². The van der Waals surface area contributed by atoms with Crippen molar-refractivity contribution in [1.29, 1.82) is 5.26 Å². The monoisotopic (exact) mass is 523 g/mol. The summed E-state index contributed by atoms with van der Waals surface area (Å²) in [5, 5.41) is 12.1. The first kappa shape index (κ1) is 25.5. The molecule has 1 unspecified atom stereocenters. The zero-order chi connectivity index (χ0) is 20.6. The van der Waals surface area contributed by atoms with Gasteiger partial charge in [-0.15, -0.1) is 24.0 Å². The zero-order valence-corrected chi connectivity index (χ0v) is 19.2. The Morgan fingerprint density at radius 2 is 2.00 bits per heavy atom. The van der Waals surface area contributed by atoms with Gasteiger partial charge in [-0.2, -0.15) is 18.4 Å². The molecule has 0 amide bonds. The van der Waals surface area contributed by atoms with Crippen molar-refractivity contribution in [1.82, 2.24) is 15.1 Å². The van der Waals surface area contributed by atoms with E-state index in [1.54, 1.807) is 19.1 Å². The highest BCUT2D eigenvalue weighted by atomic mass is 127. The summed E-state index contributed by atoms with van der Waals surface area (Å²) in [5.74, 6) is 0.981. The number of aliphatic imine (C=N–C) groups is 1. The van der Waals surface area contributed by atoms with Crippen LogP contribution in [0.1, 0.15) is 31.4 Å². The average Bonchev–Trinajstić information content (AvgIpc) is 3.12. The van der Waals surface area contributed by atoms with Crippen molar-refractivity contribution >= 4 is 29.9 Å². The smallest absolute Gasteiger partial charge is 0.357 e. The van der Waals surface area contributed by atoms with E-state index >= 15 is 0 Å². The zero-order valence-electron chi connectivity index (χ0n) is 16.9. The Morgan fingerprint density at radius 3 is 2.55 bits per heavy atom. The third kappa shape index (κ3) is 8.78. The van der Waals surface area contributed by atoms with Crippen LogP contribution in [0.15, 0.2) is 29.3 Å². The fourth-order valence-electron chi connectivity index (χ4n) is 3.37. The van der Waals surface area contributed by atoms with Crippen LogP contribution in [0.4, 0.5) is 13.2 Å². The highest BCUT2D eigenvalue weighted by Gasteiger charge is 2.32. The Kier molecular flexibility index (Phi) is 10.7. The first-order chi connectivity index (χ1) is 13.3. The number of alkyl halides is 3. The van der Waals surface area contributed by atoms with E-state index in [2.05, 4.69) is 21.3 Å². The van der Waals surface area contributed by atoms with Crippen molar-refractivity contribution < 1.29 is 13.2 Å². The van der Waals surface area contributed by atoms with Crippen molar-refractivity contribution in [2.75, 3.05) is 39.3 Å². The van der Waals surface area contributed by atoms with Gasteiger partial charge in [-0.1, -0.05) is 19.1 Å². The molecule has 1 fully saturated rings. The molecule has 0 spiro atoms. The van der Waals surface area contributed by atoms with Gasteiger partial charge in [-0.3, -0.25) is 4.90 Å². The van der Waals surface area contributed by atoms with Crippen molar-refractivity contribution in [3.63, 3.8) is 0 Å². The second-order valence-corrected chi connectivity index (χ2v) is 7.02. The van der Waals surface area contributed by atoms with E-state index in [0.29, 0.717) is 31.7 Å². The molecule has 0 radical (unpaired) electrons. The summed E-state index contributed by atoms with van der Waals surface area (Å²) in [5.41, 5.74) is 1.62. The molecule has 1 aliphatic heterocycles. The number of benzene rings is 1. The molecule has 1 atom stereocenters. The van der Waals surface area contributed by atoms with Gasteiger partial charge < -0.3 is 10.2 Å². The van der Waals surface area contributed by atoms with Gasteiger partial charge in [-0.25, -0.2) is 4.99 Å². The predicted octanol–water partition coefficient (Wildman–Crippen LogP) is 3.85. The van der Waals surface area contributed by atoms with Crippen molar-refractivity contribution in [3.05, 3.63) is 35.4 Å². The Morgan fingerprint density at radius 1 is 1.31 bits per heavy atom. The number of nitriles is 1. The maximum Gasteiger partial charge on any atom is 0.401 e. The molecule has 0 aromatic heterocycles. The summed E-state index contributed by atoms with van der Waals surface area (Å²) >= 11 is 0. The molecule has 1 aromatic carbocycles. The van der Waals surface area contributed by atoms with Gasteiger partial charge in [0.05, 0.1) is 24.7 Å². The summed E-state index contributed by atoms with van der Waals surface area (Å²) in [4.78, 5) is 8.26. The van der Waals surface area contributed by atoms with Gasteiger partial charge in [0, 0.05) is 26.2 Å². The van der Waals surface area contributed by atoms with E-state index in [4.69, 9.17) is 5.26 Å². The third-order valence-electron chi connectivity index (χ3n) is 4.78. The minimum Gasteiger partial charge on any atom is -0.357 e. The molecule has 1 aromatic rings. The molecule has 29 heavy (non-hydrogen) atoms. The number of halogens is 4. The summed E-state index contributed by atoms with van der Waals surface area (Å²) < 4.78 is 38.0. The van der Waals surface area contributed by atoms with Crippen LogP contribution in [0.3, 0.4) is 0 Å². The maximum absolute atomic E-state index is 12.7. The summed E-state index contributed by atoms with van der Waals surface area (Å²) in [7, 11) is 0. The Labute approximate surface area is 188 Å². The van der Waals surface area contributed by atoms with Crippen LogP contribution in [0.5, 0.6) is 0 Å². The largest absolute Gasteiger partial charge is 0.401 e. The highest BCUT2D eigenvalue weighted by molar-refractivity contribution is 14.0.